The van der Waals surface area contributed by atoms with Crippen molar-refractivity contribution in [2.45, 2.75) is 13.8 Å². The summed E-state index contributed by atoms with van der Waals surface area (Å²) >= 11 is 4.82. The molecule has 0 aliphatic carbocycles. The molecule has 0 unspecified atom stereocenters. The number of nitro groups is 1. The summed E-state index contributed by atoms with van der Waals surface area (Å²) in [6.45, 7) is 3.89. The van der Waals surface area contributed by atoms with Gasteiger partial charge in [0.1, 0.15) is 0 Å². The number of H-pyrrole nitrogens is 1. The molecule has 0 radical (unpaired) electrons. The molecular formula is C12H13N3O2S. The lowest BCUT2D eigenvalue weighted by Crippen LogP contribution is -1.87. The van der Waals surface area contributed by atoms with Gasteiger partial charge in [-0.05, 0) is 32.1 Å². The number of hydrogen-bond donors (Lipinski definition) is 1. The average Bonchev–Trinajstić information content (AvgIpc) is 2.29. The van der Waals surface area contributed by atoms with E-state index in [0.29, 0.717) is 4.77 Å². The second-order valence-electron chi connectivity index (χ2n) is 3.60. The monoisotopic (exact) mass is 263 g/mol. The minimum absolute atomic E-state index is 0.137. The molecule has 0 aliphatic rings. The van der Waals surface area contributed by atoms with Crippen LogP contribution in [0.5, 0.6) is 0 Å². The molecule has 2 aromatic rings. The van der Waals surface area contributed by atoms with Crippen LogP contribution in [-0.4, -0.2) is 14.9 Å². The molecule has 18 heavy (non-hydrogen) atoms. The van der Waals surface area contributed by atoms with Crippen LogP contribution in [0.15, 0.2) is 36.4 Å². The number of aryl methyl sites for hydroxylation is 2. The Morgan fingerprint density at radius 1 is 1.28 bits per heavy atom. The summed E-state index contributed by atoms with van der Waals surface area (Å²) in [7, 11) is 0. The Bertz CT molecular complexity index is 558. The first-order chi connectivity index (χ1) is 8.49. The molecule has 1 aromatic carbocycles. The lowest BCUT2D eigenvalue weighted by Gasteiger charge is -1.92. The van der Waals surface area contributed by atoms with Crippen LogP contribution in [0.4, 0.5) is 5.69 Å². The SMILES string of the molecule is Cc1cc(C)[nH]c(=S)n1.O=[N+]([O-])c1ccccc1. The molecule has 2 rings (SSSR count). The summed E-state index contributed by atoms with van der Waals surface area (Å²) in [5, 5.41) is 10.0. The first kappa shape index (κ1) is 14.0. The van der Waals surface area contributed by atoms with Crippen LogP contribution in [0.3, 0.4) is 0 Å². The molecule has 0 saturated carbocycles. The summed E-state index contributed by atoms with van der Waals surface area (Å²) in [6.07, 6.45) is 0. The van der Waals surface area contributed by atoms with Gasteiger partial charge in [0.15, 0.2) is 4.77 Å². The van der Waals surface area contributed by atoms with E-state index in [9.17, 15) is 10.1 Å². The third kappa shape index (κ3) is 4.84. The Kier molecular flexibility index (Phi) is 5.13. The third-order valence-corrected chi connectivity index (χ3v) is 2.17. The highest BCUT2D eigenvalue weighted by Gasteiger charge is 1.98. The number of non-ortho nitro benzene ring substituents is 1. The van der Waals surface area contributed by atoms with Crippen LogP contribution in [0.2, 0.25) is 0 Å². The number of aromatic nitrogens is 2. The lowest BCUT2D eigenvalue weighted by molar-refractivity contribution is -0.384. The predicted molar refractivity (Wildman–Crippen MR) is 72.0 cm³/mol. The van der Waals surface area contributed by atoms with Crippen LogP contribution in [-0.2, 0) is 0 Å². The van der Waals surface area contributed by atoms with Crippen molar-refractivity contribution in [3.05, 3.63) is 62.7 Å². The van der Waals surface area contributed by atoms with Gasteiger partial charge in [-0.1, -0.05) is 18.2 Å². The van der Waals surface area contributed by atoms with Crippen molar-refractivity contribution in [1.82, 2.24) is 9.97 Å². The molecule has 0 amide bonds. The molecule has 0 fully saturated rings. The Labute approximate surface area is 110 Å². The van der Waals surface area contributed by atoms with E-state index in [1.807, 2.05) is 19.9 Å². The van der Waals surface area contributed by atoms with E-state index < -0.39 is 4.92 Å². The lowest BCUT2D eigenvalue weighted by atomic mass is 10.3. The molecule has 5 nitrogen and oxygen atoms in total. The summed E-state index contributed by atoms with van der Waals surface area (Å²) in [5.41, 5.74) is 2.17. The number of nitro benzene ring substituents is 1. The van der Waals surface area contributed by atoms with Gasteiger partial charge < -0.3 is 4.98 Å². The first-order valence-electron chi connectivity index (χ1n) is 5.23. The topological polar surface area (TPSA) is 71.8 Å². The number of rotatable bonds is 1. The normalized spacial score (nSPS) is 9.22. The second-order valence-corrected chi connectivity index (χ2v) is 3.99. The Hall–Kier alpha value is -2.08. The third-order valence-electron chi connectivity index (χ3n) is 1.97. The van der Waals surface area contributed by atoms with Crippen molar-refractivity contribution in [1.29, 1.82) is 0 Å². The molecule has 0 spiro atoms. The maximum Gasteiger partial charge on any atom is 0.269 e. The van der Waals surface area contributed by atoms with Crippen molar-refractivity contribution >= 4 is 17.9 Å². The minimum atomic E-state index is -0.417. The van der Waals surface area contributed by atoms with E-state index in [4.69, 9.17) is 12.2 Å². The van der Waals surface area contributed by atoms with Gasteiger partial charge in [0.2, 0.25) is 0 Å². The molecule has 1 heterocycles. The van der Waals surface area contributed by atoms with Crippen molar-refractivity contribution in [2.75, 3.05) is 0 Å². The van der Waals surface area contributed by atoms with Crippen LogP contribution in [0.1, 0.15) is 11.4 Å². The van der Waals surface area contributed by atoms with E-state index in [1.54, 1.807) is 18.2 Å². The van der Waals surface area contributed by atoms with Crippen molar-refractivity contribution < 1.29 is 4.92 Å². The first-order valence-corrected chi connectivity index (χ1v) is 5.64. The molecular weight excluding hydrogens is 250 g/mol. The minimum Gasteiger partial charge on any atom is -0.335 e. The van der Waals surface area contributed by atoms with Gasteiger partial charge in [0.05, 0.1) is 4.92 Å². The molecule has 94 valence electrons. The van der Waals surface area contributed by atoms with E-state index in [0.717, 1.165) is 11.4 Å². The molecule has 0 aliphatic heterocycles. The zero-order valence-electron chi connectivity index (χ0n) is 10.1. The number of nitrogens with zero attached hydrogens (tertiary/aromatic N) is 2. The van der Waals surface area contributed by atoms with Crippen LogP contribution in [0.25, 0.3) is 0 Å². The molecule has 1 aromatic heterocycles. The average molecular weight is 263 g/mol. The van der Waals surface area contributed by atoms with E-state index in [1.165, 1.54) is 12.1 Å². The maximum absolute atomic E-state index is 10.0. The highest BCUT2D eigenvalue weighted by Crippen LogP contribution is 2.06. The van der Waals surface area contributed by atoms with Crippen LogP contribution < -0.4 is 0 Å². The fourth-order valence-corrected chi connectivity index (χ4v) is 1.59. The molecule has 0 saturated heterocycles. The van der Waals surface area contributed by atoms with Crippen LogP contribution >= 0.6 is 12.2 Å². The molecule has 0 atom stereocenters. The molecule has 6 heteroatoms. The number of benzene rings is 1. The predicted octanol–water partition coefficient (Wildman–Crippen LogP) is 3.35. The Balaban J connectivity index is 0.000000180. The van der Waals surface area contributed by atoms with Gasteiger partial charge in [-0.15, -0.1) is 0 Å². The molecule has 0 bridgehead atoms. The zero-order chi connectivity index (χ0) is 13.5. The van der Waals surface area contributed by atoms with Crippen molar-refractivity contribution in [2.24, 2.45) is 0 Å². The summed E-state index contributed by atoms with van der Waals surface area (Å²) in [5.74, 6) is 0. The van der Waals surface area contributed by atoms with Gasteiger partial charge >= 0.3 is 0 Å². The Morgan fingerprint density at radius 2 is 1.89 bits per heavy atom. The van der Waals surface area contributed by atoms with Crippen molar-refractivity contribution in [3.8, 4) is 0 Å². The highest BCUT2D eigenvalue weighted by molar-refractivity contribution is 7.71. The van der Waals surface area contributed by atoms with Gasteiger partial charge in [0, 0.05) is 23.5 Å². The highest BCUT2D eigenvalue weighted by atomic mass is 32.1. The summed E-state index contributed by atoms with van der Waals surface area (Å²) in [6, 6.07) is 9.89. The smallest absolute Gasteiger partial charge is 0.269 e. The largest absolute Gasteiger partial charge is 0.335 e. The standard InChI is InChI=1S/C6H8N2S.C6H5NO2/c1-4-3-5(2)8-6(9)7-4;8-7(9)6-4-2-1-3-5-6/h3H,1-2H3,(H,7,8,9);1-5H. The van der Waals surface area contributed by atoms with Gasteiger partial charge in [-0.25, -0.2) is 4.98 Å². The van der Waals surface area contributed by atoms with Gasteiger partial charge in [0.25, 0.3) is 5.69 Å². The Morgan fingerprint density at radius 3 is 2.28 bits per heavy atom. The quantitative estimate of drug-likeness (QED) is 0.486. The maximum atomic E-state index is 10.0. The summed E-state index contributed by atoms with van der Waals surface area (Å²) < 4.78 is 0.563. The molecule has 1 N–H and O–H groups in total. The number of para-hydroxylation sites is 1. The number of hydrogen-bond acceptors (Lipinski definition) is 4. The second kappa shape index (κ2) is 6.61. The van der Waals surface area contributed by atoms with E-state index >= 15 is 0 Å². The number of nitrogens with one attached hydrogen (secondary N) is 1. The van der Waals surface area contributed by atoms with Gasteiger partial charge in [-0.2, -0.15) is 0 Å². The van der Waals surface area contributed by atoms with E-state index in [2.05, 4.69) is 9.97 Å². The van der Waals surface area contributed by atoms with Crippen molar-refractivity contribution in [3.63, 3.8) is 0 Å². The van der Waals surface area contributed by atoms with E-state index in [-0.39, 0.29) is 5.69 Å². The zero-order valence-corrected chi connectivity index (χ0v) is 10.9. The fourth-order valence-electron chi connectivity index (χ4n) is 1.29. The summed E-state index contributed by atoms with van der Waals surface area (Å²) in [4.78, 5) is 16.5. The van der Waals surface area contributed by atoms with Gasteiger partial charge in [-0.3, -0.25) is 10.1 Å². The van der Waals surface area contributed by atoms with Crippen LogP contribution in [0, 0.1) is 28.7 Å². The fraction of sp³-hybridized carbons (Fsp3) is 0.167. The number of aromatic amines is 1.